The average Bonchev–Trinajstić information content (AvgIpc) is 3.31. The van der Waals surface area contributed by atoms with Gasteiger partial charge in [-0.1, -0.05) is 0 Å². The highest BCUT2D eigenvalue weighted by atomic mass is 16.2. The van der Waals surface area contributed by atoms with Gasteiger partial charge in [0.05, 0.1) is 11.1 Å². The second-order valence-corrected chi connectivity index (χ2v) is 8.20. The van der Waals surface area contributed by atoms with Gasteiger partial charge in [0, 0.05) is 37.8 Å². The fourth-order valence-electron chi connectivity index (χ4n) is 5.03. The number of piperidine rings is 1. The van der Waals surface area contributed by atoms with Crippen LogP contribution in [-0.4, -0.2) is 60.2 Å². The molecule has 4 amide bonds. The van der Waals surface area contributed by atoms with Crippen molar-refractivity contribution in [2.45, 2.75) is 31.8 Å². The Balaban J connectivity index is 1.41. The fraction of sp³-hybridized carbons (Fsp3) is 0.500. The van der Waals surface area contributed by atoms with Gasteiger partial charge in [0.1, 0.15) is 6.04 Å². The van der Waals surface area contributed by atoms with E-state index in [9.17, 15) is 19.2 Å². The summed E-state index contributed by atoms with van der Waals surface area (Å²) >= 11 is 0. The number of nitrogens with zero attached hydrogens (tertiary/aromatic N) is 2. The summed E-state index contributed by atoms with van der Waals surface area (Å²) in [6, 6.07) is 4.91. The molecule has 4 heterocycles. The molecule has 1 aromatic carbocycles. The molecule has 0 aromatic heterocycles. The van der Waals surface area contributed by atoms with Gasteiger partial charge in [-0.2, -0.15) is 0 Å². The molecule has 4 aliphatic rings. The molecule has 0 bridgehead atoms. The SMILES string of the molecule is CC1NCC2CN(c3ccc4c(c3)C(=O)N(C3CCC(=O)NC3=O)C4=O)CC21. The molecule has 1 aromatic rings. The number of nitrogens with one attached hydrogen (secondary N) is 2. The third kappa shape index (κ3) is 2.47. The van der Waals surface area contributed by atoms with Crippen LogP contribution in [-0.2, 0) is 9.59 Å². The molecule has 5 rings (SSSR count). The first kappa shape index (κ1) is 17.4. The van der Waals surface area contributed by atoms with E-state index in [1.54, 1.807) is 12.1 Å². The van der Waals surface area contributed by atoms with Crippen molar-refractivity contribution in [3.05, 3.63) is 29.3 Å². The van der Waals surface area contributed by atoms with E-state index in [1.165, 1.54) is 0 Å². The third-order valence-electron chi connectivity index (χ3n) is 6.62. The van der Waals surface area contributed by atoms with Crippen LogP contribution in [0.2, 0.25) is 0 Å². The zero-order chi connectivity index (χ0) is 19.6. The summed E-state index contributed by atoms with van der Waals surface area (Å²) < 4.78 is 0. The lowest BCUT2D eigenvalue weighted by Crippen LogP contribution is -2.54. The van der Waals surface area contributed by atoms with E-state index in [0.717, 1.165) is 30.2 Å². The number of anilines is 1. The molecule has 0 radical (unpaired) electrons. The summed E-state index contributed by atoms with van der Waals surface area (Å²) in [6.45, 7) is 5.07. The first-order chi connectivity index (χ1) is 13.4. The van der Waals surface area contributed by atoms with Crippen LogP contribution in [0, 0.1) is 11.8 Å². The lowest BCUT2D eigenvalue weighted by atomic mass is 9.95. The summed E-state index contributed by atoms with van der Waals surface area (Å²) in [7, 11) is 0. The van der Waals surface area contributed by atoms with Gasteiger partial charge in [0.25, 0.3) is 11.8 Å². The summed E-state index contributed by atoms with van der Waals surface area (Å²) in [6.07, 6.45) is 0.293. The summed E-state index contributed by atoms with van der Waals surface area (Å²) in [5.41, 5.74) is 1.61. The van der Waals surface area contributed by atoms with Crippen LogP contribution in [0.1, 0.15) is 40.5 Å². The number of hydrogen-bond acceptors (Lipinski definition) is 6. The maximum absolute atomic E-state index is 13.0. The monoisotopic (exact) mass is 382 g/mol. The number of amides is 4. The van der Waals surface area contributed by atoms with E-state index in [1.807, 2.05) is 6.07 Å². The van der Waals surface area contributed by atoms with Crippen LogP contribution in [0.15, 0.2) is 18.2 Å². The molecule has 8 nitrogen and oxygen atoms in total. The van der Waals surface area contributed by atoms with Gasteiger partial charge in [0.15, 0.2) is 0 Å². The van der Waals surface area contributed by atoms with Crippen molar-refractivity contribution in [1.29, 1.82) is 0 Å². The van der Waals surface area contributed by atoms with Crippen molar-refractivity contribution in [2.75, 3.05) is 24.5 Å². The average molecular weight is 382 g/mol. The Labute approximate surface area is 162 Å². The Bertz CT molecular complexity index is 913. The zero-order valence-corrected chi connectivity index (χ0v) is 15.6. The molecule has 28 heavy (non-hydrogen) atoms. The Morgan fingerprint density at radius 1 is 1.04 bits per heavy atom. The second-order valence-electron chi connectivity index (χ2n) is 8.20. The van der Waals surface area contributed by atoms with E-state index in [0.29, 0.717) is 29.0 Å². The highest BCUT2D eigenvalue weighted by molar-refractivity contribution is 6.23. The number of fused-ring (bicyclic) bond motifs is 2. The number of hydrogen-bond donors (Lipinski definition) is 2. The van der Waals surface area contributed by atoms with E-state index in [4.69, 9.17) is 0 Å². The Kier molecular flexibility index (Phi) is 3.80. The number of carbonyl (C=O) groups is 4. The molecule has 3 fully saturated rings. The molecular weight excluding hydrogens is 360 g/mol. The molecule has 4 unspecified atom stereocenters. The smallest absolute Gasteiger partial charge is 0.262 e. The molecule has 8 heteroatoms. The quantitative estimate of drug-likeness (QED) is 0.706. The molecule has 4 atom stereocenters. The van der Waals surface area contributed by atoms with Crippen LogP contribution < -0.4 is 15.5 Å². The lowest BCUT2D eigenvalue weighted by Gasteiger charge is -2.27. The van der Waals surface area contributed by atoms with Crippen LogP contribution in [0.5, 0.6) is 0 Å². The molecule has 3 saturated heterocycles. The lowest BCUT2D eigenvalue weighted by molar-refractivity contribution is -0.136. The van der Waals surface area contributed by atoms with Crippen LogP contribution in [0.4, 0.5) is 5.69 Å². The highest BCUT2D eigenvalue weighted by Crippen LogP contribution is 2.36. The minimum atomic E-state index is -0.924. The highest BCUT2D eigenvalue weighted by Gasteiger charge is 2.45. The van der Waals surface area contributed by atoms with E-state index >= 15 is 0 Å². The predicted molar refractivity (Wildman–Crippen MR) is 99.8 cm³/mol. The van der Waals surface area contributed by atoms with E-state index < -0.39 is 23.8 Å². The van der Waals surface area contributed by atoms with Crippen LogP contribution in [0.3, 0.4) is 0 Å². The number of carbonyl (C=O) groups excluding carboxylic acids is 4. The van der Waals surface area contributed by atoms with Gasteiger partial charge in [-0.3, -0.25) is 29.4 Å². The Morgan fingerprint density at radius 3 is 2.57 bits per heavy atom. The number of imide groups is 2. The van der Waals surface area contributed by atoms with Crippen molar-refractivity contribution < 1.29 is 19.2 Å². The van der Waals surface area contributed by atoms with Gasteiger partial charge in [-0.15, -0.1) is 0 Å². The van der Waals surface area contributed by atoms with Crippen molar-refractivity contribution in [2.24, 2.45) is 11.8 Å². The summed E-state index contributed by atoms with van der Waals surface area (Å²) in [5.74, 6) is -0.683. The minimum absolute atomic E-state index is 0.123. The van der Waals surface area contributed by atoms with Crippen molar-refractivity contribution in [1.82, 2.24) is 15.5 Å². The molecular formula is C20H22N4O4. The first-order valence-electron chi connectivity index (χ1n) is 9.78. The molecule has 4 aliphatic heterocycles. The predicted octanol–water partition coefficient (Wildman–Crippen LogP) is 0.132. The van der Waals surface area contributed by atoms with Crippen molar-refractivity contribution >= 4 is 29.3 Å². The maximum Gasteiger partial charge on any atom is 0.262 e. The van der Waals surface area contributed by atoms with Gasteiger partial charge in [-0.05, 0) is 43.4 Å². The van der Waals surface area contributed by atoms with Gasteiger partial charge in [-0.25, -0.2) is 0 Å². The van der Waals surface area contributed by atoms with Crippen LogP contribution in [0.25, 0.3) is 0 Å². The summed E-state index contributed by atoms with van der Waals surface area (Å²) in [5, 5.41) is 5.72. The molecule has 0 aliphatic carbocycles. The van der Waals surface area contributed by atoms with Gasteiger partial charge < -0.3 is 10.2 Å². The van der Waals surface area contributed by atoms with Crippen molar-refractivity contribution in [3.63, 3.8) is 0 Å². The van der Waals surface area contributed by atoms with Crippen molar-refractivity contribution in [3.8, 4) is 0 Å². The fourth-order valence-corrected chi connectivity index (χ4v) is 5.03. The van der Waals surface area contributed by atoms with E-state index in [2.05, 4.69) is 22.5 Å². The summed E-state index contributed by atoms with van der Waals surface area (Å²) in [4.78, 5) is 52.6. The Hall–Kier alpha value is -2.74. The second kappa shape index (κ2) is 6.13. The van der Waals surface area contributed by atoms with E-state index in [-0.39, 0.29) is 18.7 Å². The topological polar surface area (TPSA) is 98.8 Å². The van der Waals surface area contributed by atoms with Crippen LogP contribution >= 0.6 is 0 Å². The molecule has 2 N–H and O–H groups in total. The standard InChI is InChI=1S/C20H22N4O4/c1-10-15-9-23(8-11(15)7-21-10)12-2-3-13-14(6-12)20(28)24(19(13)27)16-4-5-17(25)22-18(16)26/h2-3,6,10-11,15-16,21H,4-5,7-9H2,1H3,(H,22,25,26). The van der Waals surface area contributed by atoms with Gasteiger partial charge in [0.2, 0.25) is 11.8 Å². The minimum Gasteiger partial charge on any atom is -0.371 e. The normalized spacial score (nSPS) is 32.0. The molecule has 146 valence electrons. The Morgan fingerprint density at radius 2 is 1.82 bits per heavy atom. The largest absolute Gasteiger partial charge is 0.371 e. The zero-order valence-electron chi connectivity index (χ0n) is 15.6. The first-order valence-corrected chi connectivity index (χ1v) is 9.78. The number of rotatable bonds is 2. The maximum atomic E-state index is 13.0. The number of benzene rings is 1. The molecule has 0 spiro atoms. The molecule has 0 saturated carbocycles. The van der Waals surface area contributed by atoms with Gasteiger partial charge >= 0.3 is 0 Å². The third-order valence-corrected chi connectivity index (χ3v) is 6.62.